The number of methoxy groups -OCH3 is 1. The fourth-order valence-electron chi connectivity index (χ4n) is 3.80. The van der Waals surface area contributed by atoms with Crippen LogP contribution in [0.15, 0.2) is 22.7 Å². The Morgan fingerprint density at radius 1 is 1.12 bits per heavy atom. The van der Waals surface area contributed by atoms with Gasteiger partial charge in [-0.05, 0) is 24.6 Å². The molecule has 178 valence electrons. The number of ether oxygens (including phenoxy) is 2. The van der Waals surface area contributed by atoms with E-state index in [9.17, 15) is 14.4 Å². The van der Waals surface area contributed by atoms with Gasteiger partial charge in [0.2, 0.25) is 5.91 Å². The van der Waals surface area contributed by atoms with Crippen LogP contribution in [0.2, 0.25) is 0 Å². The summed E-state index contributed by atoms with van der Waals surface area (Å²) >= 11 is 3.37. The molecule has 1 saturated heterocycles. The molecule has 1 aromatic carbocycles. The lowest BCUT2D eigenvalue weighted by Crippen LogP contribution is -2.57. The third kappa shape index (κ3) is 8.11. The van der Waals surface area contributed by atoms with Crippen LogP contribution in [0.4, 0.5) is 0 Å². The normalized spacial score (nSPS) is 15.9. The average Bonchev–Trinajstić information content (AvgIpc) is 2.78. The molecule has 1 N–H and O–H groups in total. The van der Waals surface area contributed by atoms with Gasteiger partial charge in [0.1, 0.15) is 11.8 Å². The van der Waals surface area contributed by atoms with Gasteiger partial charge in [-0.3, -0.25) is 14.4 Å². The van der Waals surface area contributed by atoms with E-state index in [0.717, 1.165) is 23.7 Å². The van der Waals surface area contributed by atoms with Gasteiger partial charge < -0.3 is 19.7 Å². The Morgan fingerprint density at radius 2 is 1.81 bits per heavy atom. The molecule has 0 aliphatic carbocycles. The molecule has 0 saturated carbocycles. The molecule has 2 amide bonds. The summed E-state index contributed by atoms with van der Waals surface area (Å²) in [6.07, 6.45) is 9.12. The number of piperazine rings is 1. The molecule has 1 fully saturated rings. The highest BCUT2D eigenvalue weighted by atomic mass is 79.9. The molecule has 2 rings (SSSR count). The number of rotatable bonds is 13. The summed E-state index contributed by atoms with van der Waals surface area (Å²) in [5.74, 6) is -0.740. The Balaban J connectivity index is 1.86. The molecule has 7 nitrogen and oxygen atoms in total. The Kier molecular flexibility index (Phi) is 11.6. The predicted molar refractivity (Wildman–Crippen MR) is 127 cm³/mol. The van der Waals surface area contributed by atoms with Crippen molar-refractivity contribution in [3.8, 4) is 5.75 Å². The van der Waals surface area contributed by atoms with Gasteiger partial charge in [-0.1, -0.05) is 67.8 Å². The molecule has 32 heavy (non-hydrogen) atoms. The van der Waals surface area contributed by atoms with Crippen LogP contribution in [0.1, 0.15) is 75.1 Å². The van der Waals surface area contributed by atoms with Crippen LogP contribution in [0.5, 0.6) is 5.75 Å². The van der Waals surface area contributed by atoms with E-state index in [2.05, 4.69) is 28.2 Å². The molecule has 1 heterocycles. The highest BCUT2D eigenvalue weighted by Gasteiger charge is 2.36. The summed E-state index contributed by atoms with van der Waals surface area (Å²) in [6, 6.07) is 4.23. The summed E-state index contributed by atoms with van der Waals surface area (Å²) in [4.78, 5) is 39.5. The number of carbonyl (C=O) groups is 3. The Labute approximate surface area is 199 Å². The number of hydrogen-bond donors (Lipinski definition) is 1. The van der Waals surface area contributed by atoms with E-state index in [1.165, 1.54) is 44.1 Å². The molecule has 8 heteroatoms. The number of amides is 2. The monoisotopic (exact) mass is 510 g/mol. The van der Waals surface area contributed by atoms with Gasteiger partial charge in [-0.15, -0.1) is 0 Å². The van der Waals surface area contributed by atoms with Crippen LogP contribution in [-0.4, -0.2) is 55.5 Å². The second-order valence-electron chi connectivity index (χ2n) is 8.05. The molecule has 1 unspecified atom stereocenters. The summed E-state index contributed by atoms with van der Waals surface area (Å²) in [6.45, 7) is 3.20. The molecule has 0 aromatic heterocycles. The molecule has 1 aliphatic rings. The summed E-state index contributed by atoms with van der Waals surface area (Å²) < 4.78 is 11.4. The first-order chi connectivity index (χ1) is 15.5. The topological polar surface area (TPSA) is 84.9 Å². The number of nitrogens with zero attached hydrogens (tertiary/aromatic N) is 1. The van der Waals surface area contributed by atoms with Gasteiger partial charge in [-0.2, -0.15) is 0 Å². The molecule has 1 atom stereocenters. The van der Waals surface area contributed by atoms with Crippen molar-refractivity contribution in [1.29, 1.82) is 0 Å². The maximum Gasteiger partial charge on any atom is 0.308 e. The molecule has 0 radical (unpaired) electrons. The molecule has 1 aliphatic heterocycles. The van der Waals surface area contributed by atoms with Crippen molar-refractivity contribution in [2.45, 2.75) is 70.8 Å². The third-order valence-corrected chi connectivity index (χ3v) is 6.10. The fourth-order valence-corrected chi connectivity index (χ4v) is 4.16. The zero-order valence-electron chi connectivity index (χ0n) is 19.2. The van der Waals surface area contributed by atoms with Crippen molar-refractivity contribution in [2.75, 3.05) is 26.8 Å². The summed E-state index contributed by atoms with van der Waals surface area (Å²) in [7, 11) is 1.49. The van der Waals surface area contributed by atoms with E-state index in [1.807, 2.05) is 0 Å². The number of esters is 1. The smallest absolute Gasteiger partial charge is 0.308 e. The minimum Gasteiger partial charge on any atom is -0.496 e. The Bertz CT molecular complexity index is 771. The van der Waals surface area contributed by atoms with E-state index in [0.29, 0.717) is 31.0 Å². The van der Waals surface area contributed by atoms with E-state index in [-0.39, 0.29) is 18.2 Å². The fraction of sp³-hybridized carbons (Fsp3) is 0.625. The van der Waals surface area contributed by atoms with Crippen molar-refractivity contribution in [3.05, 3.63) is 28.2 Å². The quantitative estimate of drug-likeness (QED) is 0.312. The first kappa shape index (κ1) is 26.2. The second-order valence-corrected chi connectivity index (χ2v) is 8.97. The molecular weight excluding hydrogens is 476 g/mol. The molecule has 0 spiro atoms. The number of halogens is 1. The van der Waals surface area contributed by atoms with Crippen LogP contribution >= 0.6 is 15.9 Å². The van der Waals surface area contributed by atoms with Crippen molar-refractivity contribution in [2.24, 2.45) is 0 Å². The highest BCUT2D eigenvalue weighted by molar-refractivity contribution is 9.10. The number of unbranched alkanes of at least 4 members (excludes halogenated alkanes) is 7. The maximum atomic E-state index is 13.2. The van der Waals surface area contributed by atoms with Gasteiger partial charge in [0.15, 0.2) is 0 Å². The van der Waals surface area contributed by atoms with Crippen LogP contribution < -0.4 is 10.1 Å². The zero-order valence-corrected chi connectivity index (χ0v) is 20.7. The van der Waals surface area contributed by atoms with Crippen molar-refractivity contribution < 1.29 is 23.9 Å². The largest absolute Gasteiger partial charge is 0.496 e. The van der Waals surface area contributed by atoms with Crippen molar-refractivity contribution in [3.63, 3.8) is 0 Å². The lowest BCUT2D eigenvalue weighted by atomic mass is 10.1. The second kappa shape index (κ2) is 14.1. The zero-order chi connectivity index (χ0) is 23.3. The van der Waals surface area contributed by atoms with Crippen LogP contribution in [0.25, 0.3) is 0 Å². The van der Waals surface area contributed by atoms with Gasteiger partial charge in [0, 0.05) is 17.6 Å². The third-order valence-electron chi connectivity index (χ3n) is 5.60. The summed E-state index contributed by atoms with van der Waals surface area (Å²) in [5.41, 5.74) is 0.342. The summed E-state index contributed by atoms with van der Waals surface area (Å²) in [5, 5.41) is 2.74. The molecule has 1 aromatic rings. The van der Waals surface area contributed by atoms with E-state index < -0.39 is 12.0 Å². The maximum absolute atomic E-state index is 13.2. The van der Waals surface area contributed by atoms with Crippen molar-refractivity contribution in [1.82, 2.24) is 10.2 Å². The van der Waals surface area contributed by atoms with Crippen LogP contribution in [0, 0.1) is 0 Å². The van der Waals surface area contributed by atoms with Crippen LogP contribution in [-0.2, 0) is 14.3 Å². The number of hydrogen-bond acceptors (Lipinski definition) is 5. The van der Waals surface area contributed by atoms with E-state index in [4.69, 9.17) is 9.47 Å². The van der Waals surface area contributed by atoms with Gasteiger partial charge >= 0.3 is 5.97 Å². The van der Waals surface area contributed by atoms with E-state index >= 15 is 0 Å². The predicted octanol–water partition coefficient (Wildman–Crippen LogP) is 4.47. The van der Waals surface area contributed by atoms with Crippen molar-refractivity contribution >= 4 is 33.7 Å². The van der Waals surface area contributed by atoms with Gasteiger partial charge in [0.05, 0.1) is 25.7 Å². The lowest BCUT2D eigenvalue weighted by molar-refractivity contribution is -0.147. The SMILES string of the molecule is CCCCCCCCCCOC(=O)CC1C(=O)NCCN1C(=O)c1cc(Br)ccc1OC. The Hall–Kier alpha value is -2.09. The number of benzene rings is 1. The first-order valence-corrected chi connectivity index (χ1v) is 12.3. The average molecular weight is 511 g/mol. The van der Waals surface area contributed by atoms with Gasteiger partial charge in [0.25, 0.3) is 5.91 Å². The lowest BCUT2D eigenvalue weighted by Gasteiger charge is -2.34. The highest BCUT2D eigenvalue weighted by Crippen LogP contribution is 2.26. The minimum absolute atomic E-state index is 0.162. The van der Waals surface area contributed by atoms with E-state index in [1.54, 1.807) is 18.2 Å². The Morgan fingerprint density at radius 3 is 2.50 bits per heavy atom. The number of nitrogens with one attached hydrogen (secondary N) is 1. The van der Waals surface area contributed by atoms with Crippen LogP contribution in [0.3, 0.4) is 0 Å². The van der Waals surface area contributed by atoms with Gasteiger partial charge in [-0.25, -0.2) is 0 Å². The molecular formula is C24H35BrN2O5. The molecule has 0 bridgehead atoms. The minimum atomic E-state index is -0.897. The number of carbonyl (C=O) groups excluding carboxylic acids is 3. The standard InChI is InChI=1S/C24H35BrN2O5/c1-3-4-5-6-7-8-9-10-15-32-22(28)17-20-23(29)26-13-14-27(20)24(30)19-16-18(25)11-12-21(19)31-2/h11-12,16,20H,3-10,13-15,17H2,1-2H3,(H,26,29). The first-order valence-electron chi connectivity index (χ1n) is 11.6.